The Labute approximate surface area is 212 Å². The lowest BCUT2D eigenvalue weighted by atomic mass is 10.1. The average molecular weight is 485 g/mol. The van der Waals surface area contributed by atoms with E-state index in [0.717, 1.165) is 27.8 Å². The number of nitrogens with one attached hydrogen (secondary N) is 1. The van der Waals surface area contributed by atoms with Crippen molar-refractivity contribution in [1.82, 2.24) is 9.88 Å². The summed E-state index contributed by atoms with van der Waals surface area (Å²) in [6, 6.07) is 23.7. The van der Waals surface area contributed by atoms with E-state index in [2.05, 4.69) is 35.5 Å². The molecule has 6 nitrogen and oxygen atoms in total. The molecule has 1 N–H and O–H groups in total. The van der Waals surface area contributed by atoms with Crippen molar-refractivity contribution in [3.8, 4) is 17.2 Å². The summed E-state index contributed by atoms with van der Waals surface area (Å²) in [6.07, 6.45) is 2.37. The molecule has 1 amide bonds. The van der Waals surface area contributed by atoms with Crippen molar-refractivity contribution in [3.63, 3.8) is 0 Å². The molecule has 0 fully saturated rings. The molecule has 6 heteroatoms. The van der Waals surface area contributed by atoms with Crippen molar-refractivity contribution in [1.29, 1.82) is 0 Å². The van der Waals surface area contributed by atoms with Gasteiger partial charge >= 0.3 is 0 Å². The van der Waals surface area contributed by atoms with Crippen molar-refractivity contribution in [3.05, 3.63) is 102 Å². The highest BCUT2D eigenvalue weighted by Crippen LogP contribution is 2.33. The fraction of sp³-hybridized carbons (Fsp3) is 0.233. The lowest BCUT2D eigenvalue weighted by Gasteiger charge is -2.19. The number of hydrogen-bond acceptors (Lipinski definition) is 4. The quantitative estimate of drug-likeness (QED) is 0.273. The zero-order valence-electron chi connectivity index (χ0n) is 21.0. The molecule has 0 aliphatic carbocycles. The van der Waals surface area contributed by atoms with Gasteiger partial charge in [0.15, 0.2) is 11.5 Å². The first-order chi connectivity index (χ1) is 17.6. The summed E-state index contributed by atoms with van der Waals surface area (Å²) < 4.78 is 18.7. The summed E-state index contributed by atoms with van der Waals surface area (Å²) in [5, 5.41) is 3.99. The van der Waals surface area contributed by atoms with Crippen LogP contribution >= 0.6 is 0 Å². The summed E-state index contributed by atoms with van der Waals surface area (Å²) in [5.41, 5.74) is 3.69. The van der Waals surface area contributed by atoms with Crippen LogP contribution in [-0.4, -0.2) is 37.8 Å². The van der Waals surface area contributed by atoms with Gasteiger partial charge < -0.3 is 24.1 Å². The summed E-state index contributed by atoms with van der Waals surface area (Å²) >= 11 is 0. The van der Waals surface area contributed by atoms with Crippen LogP contribution in [0.15, 0.2) is 85.5 Å². The predicted octanol–water partition coefficient (Wildman–Crippen LogP) is 5.81. The van der Waals surface area contributed by atoms with Crippen molar-refractivity contribution in [2.24, 2.45) is 0 Å². The van der Waals surface area contributed by atoms with Crippen LogP contribution in [0.4, 0.5) is 0 Å². The molecule has 1 unspecified atom stereocenters. The van der Waals surface area contributed by atoms with Crippen molar-refractivity contribution < 1.29 is 19.0 Å². The van der Waals surface area contributed by atoms with E-state index >= 15 is 0 Å². The molecule has 4 aromatic rings. The normalized spacial score (nSPS) is 11.6. The van der Waals surface area contributed by atoms with Gasteiger partial charge in [-0.3, -0.25) is 4.79 Å². The minimum Gasteiger partial charge on any atom is -0.493 e. The highest BCUT2D eigenvalue weighted by atomic mass is 16.5. The molecular formula is C30H32N2O4. The fourth-order valence-corrected chi connectivity index (χ4v) is 4.42. The van der Waals surface area contributed by atoms with Gasteiger partial charge in [-0.15, -0.1) is 0 Å². The number of nitrogens with zero attached hydrogens (tertiary/aromatic N) is 1. The van der Waals surface area contributed by atoms with E-state index in [0.29, 0.717) is 36.8 Å². The van der Waals surface area contributed by atoms with Gasteiger partial charge in [0.1, 0.15) is 18.1 Å². The van der Waals surface area contributed by atoms with Gasteiger partial charge in [0, 0.05) is 11.9 Å². The maximum atomic E-state index is 13.5. The zero-order chi connectivity index (χ0) is 25.5. The fourth-order valence-electron chi connectivity index (χ4n) is 4.42. The third-order valence-corrected chi connectivity index (χ3v) is 6.25. The van der Waals surface area contributed by atoms with Gasteiger partial charge in [-0.05, 0) is 54.8 Å². The van der Waals surface area contributed by atoms with E-state index in [-0.39, 0.29) is 11.9 Å². The SMILES string of the molecule is C=CCOc1cccc2c1cc(C(=O)NCCc1ccc(OC)c(OC)c1)n2C(C)c1ccccc1. The van der Waals surface area contributed by atoms with Gasteiger partial charge in [-0.25, -0.2) is 0 Å². The van der Waals surface area contributed by atoms with Gasteiger partial charge in [-0.1, -0.05) is 55.1 Å². The average Bonchev–Trinajstić information content (AvgIpc) is 3.32. The Balaban J connectivity index is 1.63. The van der Waals surface area contributed by atoms with Crippen LogP contribution in [0.5, 0.6) is 17.2 Å². The molecule has 0 spiro atoms. The molecule has 3 aromatic carbocycles. The van der Waals surface area contributed by atoms with Gasteiger partial charge in [-0.2, -0.15) is 0 Å². The molecule has 0 saturated carbocycles. The molecule has 1 atom stereocenters. The molecular weight excluding hydrogens is 452 g/mol. The Morgan fingerprint density at radius 1 is 0.972 bits per heavy atom. The summed E-state index contributed by atoms with van der Waals surface area (Å²) in [4.78, 5) is 13.5. The molecule has 36 heavy (non-hydrogen) atoms. The Kier molecular flexibility index (Phi) is 7.95. The topological polar surface area (TPSA) is 61.7 Å². The number of benzene rings is 3. The minimum atomic E-state index is -0.135. The third-order valence-electron chi connectivity index (χ3n) is 6.25. The number of amides is 1. The summed E-state index contributed by atoms with van der Waals surface area (Å²) in [6.45, 7) is 6.72. The molecule has 1 aromatic heterocycles. The van der Waals surface area contributed by atoms with E-state index in [1.54, 1.807) is 20.3 Å². The van der Waals surface area contributed by atoms with Gasteiger partial charge in [0.25, 0.3) is 5.91 Å². The van der Waals surface area contributed by atoms with Gasteiger partial charge in [0.05, 0.1) is 25.8 Å². The first-order valence-corrected chi connectivity index (χ1v) is 12.0. The largest absolute Gasteiger partial charge is 0.493 e. The number of aromatic nitrogens is 1. The number of ether oxygens (including phenoxy) is 3. The van der Waals surface area contributed by atoms with Crippen molar-refractivity contribution in [2.75, 3.05) is 27.4 Å². The van der Waals surface area contributed by atoms with E-state index in [1.807, 2.05) is 60.7 Å². The Hall–Kier alpha value is -4.19. The second-order valence-corrected chi connectivity index (χ2v) is 8.47. The van der Waals surface area contributed by atoms with E-state index < -0.39 is 0 Å². The van der Waals surface area contributed by atoms with Crippen LogP contribution in [-0.2, 0) is 6.42 Å². The maximum Gasteiger partial charge on any atom is 0.267 e. The van der Waals surface area contributed by atoms with Crippen LogP contribution in [0.25, 0.3) is 10.9 Å². The van der Waals surface area contributed by atoms with Crippen LogP contribution in [0, 0.1) is 0 Å². The summed E-state index contributed by atoms with van der Waals surface area (Å²) in [7, 11) is 3.23. The molecule has 0 radical (unpaired) electrons. The number of methoxy groups -OCH3 is 2. The third kappa shape index (κ3) is 5.23. The first-order valence-electron chi connectivity index (χ1n) is 12.0. The predicted molar refractivity (Wildman–Crippen MR) is 143 cm³/mol. The van der Waals surface area contributed by atoms with Crippen LogP contribution < -0.4 is 19.5 Å². The number of rotatable bonds is 11. The first kappa shape index (κ1) is 24.9. The highest BCUT2D eigenvalue weighted by molar-refractivity contribution is 6.00. The number of fused-ring (bicyclic) bond motifs is 1. The second-order valence-electron chi connectivity index (χ2n) is 8.47. The van der Waals surface area contributed by atoms with Gasteiger partial charge in [0.2, 0.25) is 0 Å². The summed E-state index contributed by atoms with van der Waals surface area (Å²) in [5.74, 6) is 1.94. The Morgan fingerprint density at radius 2 is 1.75 bits per heavy atom. The molecule has 0 saturated heterocycles. The monoisotopic (exact) mass is 484 g/mol. The lowest BCUT2D eigenvalue weighted by molar-refractivity contribution is 0.0944. The molecule has 0 bridgehead atoms. The van der Waals surface area contributed by atoms with Crippen LogP contribution in [0.3, 0.4) is 0 Å². The molecule has 4 rings (SSSR count). The molecule has 1 heterocycles. The molecule has 186 valence electrons. The lowest BCUT2D eigenvalue weighted by Crippen LogP contribution is -2.28. The van der Waals surface area contributed by atoms with Crippen LogP contribution in [0.2, 0.25) is 0 Å². The Morgan fingerprint density at radius 3 is 2.47 bits per heavy atom. The molecule has 0 aliphatic rings. The van der Waals surface area contributed by atoms with Crippen molar-refractivity contribution in [2.45, 2.75) is 19.4 Å². The number of carbonyl (C=O) groups excluding carboxylic acids is 1. The standard InChI is InChI=1S/C30H32N2O4/c1-5-18-36-27-13-9-12-25-24(27)20-26(32(25)21(2)23-10-7-6-8-11-23)30(33)31-17-16-22-14-15-28(34-3)29(19-22)35-4/h5-15,19-21H,1,16-18H2,2-4H3,(H,31,33). The Bertz CT molecular complexity index is 1340. The minimum absolute atomic E-state index is 0.0510. The molecule has 0 aliphatic heterocycles. The van der Waals surface area contributed by atoms with Crippen LogP contribution in [0.1, 0.15) is 34.6 Å². The second kappa shape index (κ2) is 11.5. The van der Waals surface area contributed by atoms with E-state index in [4.69, 9.17) is 14.2 Å². The number of hydrogen-bond donors (Lipinski definition) is 1. The highest BCUT2D eigenvalue weighted by Gasteiger charge is 2.22. The maximum absolute atomic E-state index is 13.5. The van der Waals surface area contributed by atoms with E-state index in [1.165, 1.54) is 0 Å². The number of carbonyl (C=O) groups is 1. The smallest absolute Gasteiger partial charge is 0.267 e. The zero-order valence-corrected chi connectivity index (χ0v) is 21.0. The van der Waals surface area contributed by atoms with E-state index in [9.17, 15) is 4.79 Å². The van der Waals surface area contributed by atoms with Crippen molar-refractivity contribution >= 4 is 16.8 Å².